The molecule has 21 heavy (non-hydrogen) atoms. The molecule has 0 spiro atoms. The van der Waals surface area contributed by atoms with Gasteiger partial charge >= 0.3 is 0 Å². The van der Waals surface area contributed by atoms with Crippen molar-refractivity contribution in [2.75, 3.05) is 27.1 Å². The molecular formula is C13H14N2O4S2. The summed E-state index contributed by atoms with van der Waals surface area (Å²) < 4.78 is 16.2. The lowest BCUT2D eigenvalue weighted by molar-refractivity contribution is -0.123. The third-order valence-corrected chi connectivity index (χ3v) is 4.11. The van der Waals surface area contributed by atoms with Crippen molar-refractivity contribution in [3.63, 3.8) is 0 Å². The van der Waals surface area contributed by atoms with E-state index in [1.54, 1.807) is 33.5 Å². The molecule has 1 aromatic rings. The topological polar surface area (TPSA) is 60.4 Å². The summed E-state index contributed by atoms with van der Waals surface area (Å²) in [7, 11) is 4.63. The largest absolute Gasteiger partial charge is 0.496 e. The zero-order chi connectivity index (χ0) is 15.4. The van der Waals surface area contributed by atoms with E-state index in [0.717, 1.165) is 0 Å². The van der Waals surface area contributed by atoms with Crippen molar-refractivity contribution in [3.8, 4) is 17.2 Å². The number of thioether (sulfide) groups is 1. The van der Waals surface area contributed by atoms with Gasteiger partial charge in [0.05, 0.1) is 33.3 Å². The molecule has 1 amide bonds. The maximum atomic E-state index is 11.6. The Morgan fingerprint density at radius 3 is 2.33 bits per heavy atom. The zero-order valence-corrected chi connectivity index (χ0v) is 13.4. The van der Waals surface area contributed by atoms with Gasteiger partial charge in [-0.1, -0.05) is 24.0 Å². The summed E-state index contributed by atoms with van der Waals surface area (Å²) in [5.41, 5.74) is 0.655. The molecule has 1 aliphatic rings. The Balaban J connectivity index is 2.34. The predicted octanol–water partition coefficient (Wildman–Crippen LogP) is 1.91. The van der Waals surface area contributed by atoms with Gasteiger partial charge in [-0.05, 0) is 6.07 Å². The monoisotopic (exact) mass is 326 g/mol. The van der Waals surface area contributed by atoms with Crippen LogP contribution in [0.4, 0.5) is 0 Å². The first-order chi connectivity index (χ1) is 10.1. The van der Waals surface area contributed by atoms with E-state index in [-0.39, 0.29) is 5.91 Å². The molecule has 112 valence electrons. The second-order valence-electron chi connectivity index (χ2n) is 3.95. The van der Waals surface area contributed by atoms with Crippen molar-refractivity contribution in [1.82, 2.24) is 5.01 Å². The summed E-state index contributed by atoms with van der Waals surface area (Å²) >= 11 is 6.35. The van der Waals surface area contributed by atoms with Gasteiger partial charge < -0.3 is 14.2 Å². The number of ether oxygens (including phenoxy) is 3. The molecule has 1 fully saturated rings. The number of benzene rings is 1. The number of hydrogen-bond donors (Lipinski definition) is 0. The van der Waals surface area contributed by atoms with Crippen LogP contribution in [0.25, 0.3) is 0 Å². The van der Waals surface area contributed by atoms with Gasteiger partial charge in [-0.15, -0.1) is 0 Å². The van der Waals surface area contributed by atoms with Crippen molar-refractivity contribution in [2.24, 2.45) is 5.10 Å². The van der Waals surface area contributed by atoms with E-state index in [0.29, 0.717) is 32.9 Å². The highest BCUT2D eigenvalue weighted by Gasteiger charge is 2.26. The molecule has 8 heteroatoms. The number of hydrazone groups is 1. The summed E-state index contributed by atoms with van der Waals surface area (Å²) in [6.07, 6.45) is 1.51. The molecule has 0 aromatic heterocycles. The van der Waals surface area contributed by atoms with Gasteiger partial charge in [0.25, 0.3) is 5.91 Å². The Morgan fingerprint density at radius 1 is 1.19 bits per heavy atom. The molecular weight excluding hydrogens is 312 g/mol. The van der Waals surface area contributed by atoms with E-state index in [9.17, 15) is 4.79 Å². The van der Waals surface area contributed by atoms with Gasteiger partial charge in [0.15, 0.2) is 15.8 Å². The van der Waals surface area contributed by atoms with E-state index < -0.39 is 0 Å². The van der Waals surface area contributed by atoms with Crippen molar-refractivity contribution >= 4 is 40.4 Å². The van der Waals surface area contributed by atoms with Gasteiger partial charge in [-0.2, -0.15) is 10.1 Å². The van der Waals surface area contributed by atoms with Crippen LogP contribution >= 0.6 is 24.0 Å². The van der Waals surface area contributed by atoms with Crippen LogP contribution in [0.2, 0.25) is 0 Å². The maximum Gasteiger partial charge on any atom is 0.259 e. The fourth-order valence-corrected chi connectivity index (χ4v) is 2.70. The first-order valence-corrected chi connectivity index (χ1v) is 7.33. The van der Waals surface area contributed by atoms with Crippen LogP contribution in [-0.2, 0) is 4.79 Å². The zero-order valence-electron chi connectivity index (χ0n) is 11.8. The highest BCUT2D eigenvalue weighted by molar-refractivity contribution is 8.23. The Labute approximate surface area is 132 Å². The Morgan fingerprint density at radius 2 is 1.81 bits per heavy atom. The van der Waals surface area contributed by atoms with Gasteiger partial charge in [-0.25, -0.2) is 0 Å². The average molecular weight is 326 g/mol. The number of nitrogens with zero attached hydrogens (tertiary/aromatic N) is 2. The Hall–Kier alpha value is -1.80. The molecule has 0 N–H and O–H groups in total. The first kappa shape index (κ1) is 15.6. The summed E-state index contributed by atoms with van der Waals surface area (Å²) in [6, 6.07) is 3.41. The Kier molecular flexibility index (Phi) is 5.03. The second kappa shape index (κ2) is 6.77. The number of amides is 1. The van der Waals surface area contributed by atoms with Gasteiger partial charge in [0.2, 0.25) is 0 Å². The van der Waals surface area contributed by atoms with E-state index in [1.165, 1.54) is 23.0 Å². The number of rotatable bonds is 5. The standard InChI is InChI=1S/C13H14N2O4S2/c1-17-9-5-11(19-3)10(18-2)4-8(9)6-14-15-12(16)7-21-13(15)20/h4-6H,7H2,1-3H3. The Bertz CT molecular complexity index is 588. The van der Waals surface area contributed by atoms with Gasteiger partial charge in [0, 0.05) is 11.6 Å². The molecule has 0 unspecified atom stereocenters. The van der Waals surface area contributed by atoms with Crippen molar-refractivity contribution in [1.29, 1.82) is 0 Å². The molecule has 0 aliphatic carbocycles. The fraction of sp³-hybridized carbons (Fsp3) is 0.308. The van der Waals surface area contributed by atoms with E-state index in [4.69, 9.17) is 26.4 Å². The summed E-state index contributed by atoms with van der Waals surface area (Å²) in [4.78, 5) is 11.6. The molecule has 2 rings (SSSR count). The van der Waals surface area contributed by atoms with Crippen LogP contribution in [0.5, 0.6) is 17.2 Å². The third-order valence-electron chi connectivity index (χ3n) is 2.78. The minimum atomic E-state index is -0.138. The molecule has 1 aliphatic heterocycles. The molecule has 0 bridgehead atoms. The normalized spacial score (nSPS) is 14.9. The number of thiocarbonyl (C=S) groups is 1. The minimum absolute atomic E-state index is 0.138. The van der Waals surface area contributed by atoms with E-state index >= 15 is 0 Å². The molecule has 1 heterocycles. The first-order valence-electron chi connectivity index (χ1n) is 5.94. The van der Waals surface area contributed by atoms with Crippen molar-refractivity contribution < 1.29 is 19.0 Å². The maximum absolute atomic E-state index is 11.6. The predicted molar refractivity (Wildman–Crippen MR) is 85.6 cm³/mol. The van der Waals surface area contributed by atoms with Crippen molar-refractivity contribution in [3.05, 3.63) is 17.7 Å². The average Bonchev–Trinajstić information content (AvgIpc) is 2.83. The quantitative estimate of drug-likeness (QED) is 0.608. The van der Waals surface area contributed by atoms with Crippen LogP contribution in [0.3, 0.4) is 0 Å². The smallest absolute Gasteiger partial charge is 0.259 e. The molecule has 0 radical (unpaired) electrons. The van der Waals surface area contributed by atoms with Crippen LogP contribution in [0.1, 0.15) is 5.56 Å². The highest BCUT2D eigenvalue weighted by Crippen LogP contribution is 2.34. The van der Waals surface area contributed by atoms with Crippen LogP contribution in [0.15, 0.2) is 17.2 Å². The second-order valence-corrected chi connectivity index (χ2v) is 5.56. The molecule has 1 aromatic carbocycles. The highest BCUT2D eigenvalue weighted by atomic mass is 32.2. The lowest BCUT2D eigenvalue weighted by atomic mass is 10.2. The summed E-state index contributed by atoms with van der Waals surface area (Å²) in [5.74, 6) is 1.83. The molecule has 0 atom stereocenters. The fourth-order valence-electron chi connectivity index (χ4n) is 1.73. The number of hydrogen-bond acceptors (Lipinski definition) is 7. The lowest BCUT2D eigenvalue weighted by Crippen LogP contribution is -2.22. The lowest BCUT2D eigenvalue weighted by Gasteiger charge is -2.12. The summed E-state index contributed by atoms with van der Waals surface area (Å²) in [5, 5.41) is 5.32. The molecule has 0 saturated carbocycles. The SMILES string of the molecule is COc1cc(OC)c(OC)cc1C=NN1C(=O)CSC1=S. The summed E-state index contributed by atoms with van der Waals surface area (Å²) in [6.45, 7) is 0. The van der Waals surface area contributed by atoms with Crippen LogP contribution in [0, 0.1) is 0 Å². The van der Waals surface area contributed by atoms with E-state index in [2.05, 4.69) is 5.10 Å². The number of carbonyl (C=O) groups excluding carboxylic acids is 1. The molecule has 1 saturated heterocycles. The third kappa shape index (κ3) is 3.27. The number of methoxy groups -OCH3 is 3. The van der Waals surface area contributed by atoms with Crippen LogP contribution in [-0.4, -0.2) is 48.5 Å². The minimum Gasteiger partial charge on any atom is -0.496 e. The number of carbonyl (C=O) groups is 1. The van der Waals surface area contributed by atoms with Gasteiger partial charge in [0.1, 0.15) is 5.75 Å². The van der Waals surface area contributed by atoms with Crippen molar-refractivity contribution in [2.45, 2.75) is 0 Å². The molecule has 6 nitrogen and oxygen atoms in total. The van der Waals surface area contributed by atoms with Crippen LogP contribution < -0.4 is 14.2 Å². The van der Waals surface area contributed by atoms with Gasteiger partial charge in [-0.3, -0.25) is 4.79 Å². The van der Waals surface area contributed by atoms with E-state index in [1.807, 2.05) is 0 Å².